The average molecular weight is 548 g/mol. The molecule has 202 valence electrons. The van der Waals surface area contributed by atoms with E-state index in [0.717, 1.165) is 31.5 Å². The van der Waals surface area contributed by atoms with Crippen LogP contribution in [-0.4, -0.2) is 64.6 Å². The Balaban J connectivity index is 1.45. The molecule has 2 N–H and O–H groups in total. The normalized spacial score (nSPS) is 14.0. The van der Waals surface area contributed by atoms with E-state index in [9.17, 15) is 9.18 Å². The van der Waals surface area contributed by atoms with Crippen LogP contribution < -0.4 is 10.2 Å². The molecule has 2 aromatic carbocycles. The van der Waals surface area contributed by atoms with E-state index in [1.54, 1.807) is 30.5 Å². The number of ketones is 1. The number of anilines is 3. The fourth-order valence-corrected chi connectivity index (χ4v) is 4.92. The number of piperidine rings is 1. The minimum absolute atomic E-state index is 0.00411. The van der Waals surface area contributed by atoms with Gasteiger partial charge in [-0.1, -0.05) is 23.7 Å². The summed E-state index contributed by atoms with van der Waals surface area (Å²) in [5, 5.41) is 11.5. The Kier molecular flexibility index (Phi) is 8.18. The zero-order valence-electron chi connectivity index (χ0n) is 22.0. The first-order valence-electron chi connectivity index (χ1n) is 13.0. The SMILES string of the molecule is CN(C)C/C=C/C(=O)Cc1ccc(Cl)c(-c2nc(Nc3ccc(F)c(N4CCCCC4)c3)nc3[nH]ncc23)c1. The summed E-state index contributed by atoms with van der Waals surface area (Å²) in [5.74, 6) is 0.0781. The van der Waals surface area contributed by atoms with Crippen molar-refractivity contribution in [1.82, 2.24) is 25.1 Å². The molecular formula is C29H31ClFN7O. The first-order valence-corrected chi connectivity index (χ1v) is 13.4. The smallest absolute Gasteiger partial charge is 0.229 e. The third-order valence-electron chi connectivity index (χ3n) is 6.65. The Bertz CT molecular complexity index is 1510. The zero-order valence-corrected chi connectivity index (χ0v) is 22.8. The average Bonchev–Trinajstić information content (AvgIpc) is 3.39. The minimum atomic E-state index is -0.247. The molecule has 0 radical (unpaired) electrons. The third kappa shape index (κ3) is 6.43. The number of hydrogen-bond acceptors (Lipinski definition) is 7. The van der Waals surface area contributed by atoms with Gasteiger partial charge in [-0.15, -0.1) is 0 Å². The van der Waals surface area contributed by atoms with Crippen molar-refractivity contribution in [2.45, 2.75) is 25.7 Å². The molecule has 0 saturated carbocycles. The van der Waals surface area contributed by atoms with Crippen molar-refractivity contribution < 1.29 is 9.18 Å². The second-order valence-electron chi connectivity index (χ2n) is 9.99. The number of allylic oxidation sites excluding steroid dienone is 1. The first kappa shape index (κ1) is 26.8. The van der Waals surface area contributed by atoms with Crippen LogP contribution in [0.15, 0.2) is 54.7 Å². The van der Waals surface area contributed by atoms with Crippen LogP contribution in [0.1, 0.15) is 24.8 Å². The van der Waals surface area contributed by atoms with Crippen molar-refractivity contribution in [1.29, 1.82) is 0 Å². The van der Waals surface area contributed by atoms with E-state index in [0.29, 0.717) is 51.2 Å². The quantitative estimate of drug-likeness (QED) is 0.257. The van der Waals surface area contributed by atoms with E-state index in [1.165, 1.54) is 12.5 Å². The predicted molar refractivity (Wildman–Crippen MR) is 154 cm³/mol. The van der Waals surface area contributed by atoms with E-state index in [2.05, 4.69) is 25.4 Å². The number of hydrogen-bond donors (Lipinski definition) is 2. The largest absolute Gasteiger partial charge is 0.369 e. The van der Waals surface area contributed by atoms with Crippen LogP contribution in [0.25, 0.3) is 22.3 Å². The van der Waals surface area contributed by atoms with Gasteiger partial charge < -0.3 is 15.1 Å². The molecule has 8 nitrogen and oxygen atoms in total. The summed E-state index contributed by atoms with van der Waals surface area (Å²) in [5.41, 5.74) is 3.86. The number of likely N-dealkylation sites (N-methyl/N-ethyl adjacent to an activating group) is 1. The van der Waals surface area contributed by atoms with E-state index in [1.807, 2.05) is 37.2 Å². The predicted octanol–water partition coefficient (Wildman–Crippen LogP) is 5.78. The van der Waals surface area contributed by atoms with Gasteiger partial charge in [0.05, 0.1) is 28.0 Å². The molecule has 0 amide bonds. The Morgan fingerprint density at radius 2 is 1.97 bits per heavy atom. The summed E-state index contributed by atoms with van der Waals surface area (Å²) >= 11 is 6.63. The van der Waals surface area contributed by atoms with Gasteiger partial charge in [0.1, 0.15) is 5.82 Å². The molecule has 5 rings (SSSR count). The van der Waals surface area contributed by atoms with Crippen molar-refractivity contribution in [3.8, 4) is 11.3 Å². The highest BCUT2D eigenvalue weighted by molar-refractivity contribution is 6.33. The fraction of sp³-hybridized carbons (Fsp3) is 0.310. The van der Waals surface area contributed by atoms with Gasteiger partial charge in [0.15, 0.2) is 11.4 Å². The van der Waals surface area contributed by atoms with Gasteiger partial charge in [-0.05, 0) is 75.3 Å². The van der Waals surface area contributed by atoms with Crippen LogP contribution >= 0.6 is 11.6 Å². The Morgan fingerprint density at radius 3 is 2.77 bits per heavy atom. The topological polar surface area (TPSA) is 90.0 Å². The number of H-pyrrole nitrogens is 1. The lowest BCUT2D eigenvalue weighted by Crippen LogP contribution is -2.30. The van der Waals surface area contributed by atoms with Crippen LogP contribution in [0.3, 0.4) is 0 Å². The molecule has 0 atom stereocenters. The number of aromatic nitrogens is 4. The summed E-state index contributed by atoms with van der Waals surface area (Å²) < 4.78 is 14.7. The van der Waals surface area contributed by atoms with E-state index < -0.39 is 0 Å². The molecule has 1 fully saturated rings. The summed E-state index contributed by atoms with van der Waals surface area (Å²) in [7, 11) is 3.90. The molecule has 1 aliphatic rings. The van der Waals surface area contributed by atoms with Gasteiger partial charge in [0.25, 0.3) is 0 Å². The summed E-state index contributed by atoms with van der Waals surface area (Å²) in [6.45, 7) is 2.37. The Hall–Kier alpha value is -3.82. The molecule has 10 heteroatoms. The summed E-state index contributed by atoms with van der Waals surface area (Å²) in [6, 6.07) is 10.4. The first-order chi connectivity index (χ1) is 18.9. The standard InChI is InChI=1S/C29H31ClFN7O/c1-37(2)12-6-7-21(39)15-19-8-10-24(30)22(16-19)27-23-18-32-36-28(23)35-29(34-27)33-20-9-11-25(31)26(17-20)38-13-4-3-5-14-38/h6-11,16-18H,3-5,12-15H2,1-2H3,(H2,32,33,34,35,36)/b7-6+. The number of aromatic amines is 1. The molecular weight excluding hydrogens is 517 g/mol. The second-order valence-corrected chi connectivity index (χ2v) is 10.4. The van der Waals surface area contributed by atoms with Crippen molar-refractivity contribution in [2.24, 2.45) is 0 Å². The van der Waals surface area contributed by atoms with Crippen LogP contribution in [0.4, 0.5) is 21.7 Å². The van der Waals surface area contributed by atoms with Gasteiger partial charge in [0.2, 0.25) is 5.95 Å². The Morgan fingerprint density at radius 1 is 1.15 bits per heavy atom. The minimum Gasteiger partial charge on any atom is -0.369 e. The number of fused-ring (bicyclic) bond motifs is 1. The van der Waals surface area contributed by atoms with E-state index in [4.69, 9.17) is 16.6 Å². The molecule has 1 aliphatic heterocycles. The highest BCUT2D eigenvalue weighted by Gasteiger charge is 2.18. The van der Waals surface area contributed by atoms with Crippen molar-refractivity contribution >= 4 is 45.7 Å². The molecule has 4 aromatic rings. The second kappa shape index (κ2) is 11.9. The van der Waals surface area contributed by atoms with Crippen molar-refractivity contribution in [3.05, 3.63) is 71.2 Å². The number of carbonyl (C=O) groups is 1. The Labute approximate surface area is 231 Å². The summed E-state index contributed by atoms with van der Waals surface area (Å²) in [6.07, 6.45) is 8.63. The van der Waals surface area contributed by atoms with Gasteiger partial charge in [0, 0.05) is 37.3 Å². The molecule has 0 spiro atoms. The number of nitrogens with zero attached hydrogens (tertiary/aromatic N) is 5. The molecule has 1 saturated heterocycles. The number of nitrogens with one attached hydrogen (secondary N) is 2. The molecule has 39 heavy (non-hydrogen) atoms. The van der Waals surface area contributed by atoms with Gasteiger partial charge in [-0.25, -0.2) is 9.37 Å². The monoisotopic (exact) mass is 547 g/mol. The highest BCUT2D eigenvalue weighted by atomic mass is 35.5. The molecule has 2 aromatic heterocycles. The van der Waals surface area contributed by atoms with Crippen LogP contribution in [-0.2, 0) is 11.2 Å². The van der Waals surface area contributed by atoms with Gasteiger partial charge in [-0.3, -0.25) is 9.89 Å². The maximum absolute atomic E-state index is 14.7. The zero-order chi connectivity index (χ0) is 27.4. The lowest BCUT2D eigenvalue weighted by atomic mass is 10.0. The highest BCUT2D eigenvalue weighted by Crippen LogP contribution is 2.34. The van der Waals surface area contributed by atoms with Gasteiger partial charge >= 0.3 is 0 Å². The molecule has 0 bridgehead atoms. The molecule has 0 unspecified atom stereocenters. The van der Waals surface area contributed by atoms with Crippen molar-refractivity contribution in [3.63, 3.8) is 0 Å². The number of halogens is 2. The summed E-state index contributed by atoms with van der Waals surface area (Å²) in [4.78, 5) is 25.9. The van der Waals surface area contributed by atoms with Crippen molar-refractivity contribution in [2.75, 3.05) is 43.9 Å². The van der Waals surface area contributed by atoms with E-state index in [-0.39, 0.29) is 18.0 Å². The molecule has 3 heterocycles. The number of rotatable bonds is 9. The van der Waals surface area contributed by atoms with Crippen LogP contribution in [0.2, 0.25) is 5.02 Å². The lowest BCUT2D eigenvalue weighted by molar-refractivity contribution is -0.114. The third-order valence-corrected chi connectivity index (χ3v) is 6.98. The number of benzene rings is 2. The molecule has 0 aliphatic carbocycles. The lowest BCUT2D eigenvalue weighted by Gasteiger charge is -2.29. The maximum Gasteiger partial charge on any atom is 0.229 e. The van der Waals surface area contributed by atoms with Gasteiger partial charge in [-0.2, -0.15) is 10.1 Å². The van der Waals surface area contributed by atoms with Crippen LogP contribution in [0, 0.1) is 5.82 Å². The number of carbonyl (C=O) groups excluding carboxylic acids is 1. The fourth-order valence-electron chi connectivity index (χ4n) is 4.71. The van der Waals surface area contributed by atoms with E-state index >= 15 is 0 Å². The van der Waals surface area contributed by atoms with Crippen LogP contribution in [0.5, 0.6) is 0 Å². The maximum atomic E-state index is 14.7.